The minimum absolute atomic E-state index is 0.770. The van der Waals surface area contributed by atoms with Gasteiger partial charge in [0.2, 0.25) is 0 Å². The van der Waals surface area contributed by atoms with Crippen molar-refractivity contribution >= 4 is 17.8 Å². The SMILES string of the molecule is Clc1ccc(/C=N\N2CCCCCC2)cc1. The quantitative estimate of drug-likeness (QED) is 0.717. The van der Waals surface area contributed by atoms with E-state index in [1.165, 1.54) is 25.7 Å². The van der Waals surface area contributed by atoms with Gasteiger partial charge in [0.1, 0.15) is 0 Å². The zero-order chi connectivity index (χ0) is 11.2. The highest BCUT2D eigenvalue weighted by Gasteiger charge is 2.04. The van der Waals surface area contributed by atoms with Crippen LogP contribution >= 0.6 is 11.6 Å². The summed E-state index contributed by atoms with van der Waals surface area (Å²) in [5, 5.41) is 7.45. The van der Waals surface area contributed by atoms with Crippen LogP contribution in [0.5, 0.6) is 0 Å². The Morgan fingerprint density at radius 2 is 1.62 bits per heavy atom. The normalized spacial score (nSPS) is 17.7. The van der Waals surface area contributed by atoms with E-state index >= 15 is 0 Å². The molecule has 2 nitrogen and oxygen atoms in total. The van der Waals surface area contributed by atoms with Crippen molar-refractivity contribution in [2.24, 2.45) is 5.10 Å². The standard InChI is InChI=1S/C13H17ClN2/c14-13-7-5-12(6-8-13)11-15-16-9-3-1-2-4-10-16/h5-8,11H,1-4,9-10H2/b15-11-. The molecule has 16 heavy (non-hydrogen) atoms. The average Bonchev–Trinajstić information content (AvgIpc) is 2.57. The molecule has 1 aliphatic heterocycles. The van der Waals surface area contributed by atoms with Crippen molar-refractivity contribution in [2.45, 2.75) is 25.7 Å². The molecule has 1 aromatic rings. The van der Waals surface area contributed by atoms with Gasteiger partial charge in [0.15, 0.2) is 0 Å². The molecule has 0 N–H and O–H groups in total. The third-order valence-corrected chi connectivity index (χ3v) is 3.07. The van der Waals surface area contributed by atoms with Crippen molar-refractivity contribution in [1.29, 1.82) is 0 Å². The lowest BCUT2D eigenvalue weighted by molar-refractivity contribution is 0.302. The molecule has 1 aliphatic rings. The van der Waals surface area contributed by atoms with Crippen LogP contribution in [-0.2, 0) is 0 Å². The van der Waals surface area contributed by atoms with Crippen molar-refractivity contribution in [2.75, 3.05) is 13.1 Å². The second-order valence-corrected chi connectivity index (χ2v) is 4.60. The summed E-state index contributed by atoms with van der Waals surface area (Å²) in [4.78, 5) is 0. The molecule has 0 saturated carbocycles. The van der Waals surface area contributed by atoms with Crippen LogP contribution in [0.3, 0.4) is 0 Å². The minimum atomic E-state index is 0.770. The van der Waals surface area contributed by atoms with Crippen molar-refractivity contribution in [3.63, 3.8) is 0 Å². The van der Waals surface area contributed by atoms with Gasteiger partial charge in [-0.05, 0) is 30.5 Å². The number of hydrogen-bond acceptors (Lipinski definition) is 2. The van der Waals surface area contributed by atoms with Gasteiger partial charge in [0.25, 0.3) is 0 Å². The van der Waals surface area contributed by atoms with Crippen molar-refractivity contribution in [3.8, 4) is 0 Å². The number of benzene rings is 1. The van der Waals surface area contributed by atoms with Crippen LogP contribution in [0.15, 0.2) is 29.4 Å². The van der Waals surface area contributed by atoms with E-state index in [2.05, 4.69) is 10.1 Å². The Morgan fingerprint density at radius 3 is 2.25 bits per heavy atom. The summed E-state index contributed by atoms with van der Waals surface area (Å²) >= 11 is 5.83. The van der Waals surface area contributed by atoms with E-state index in [1.807, 2.05) is 30.5 Å². The van der Waals surface area contributed by atoms with Gasteiger partial charge >= 0.3 is 0 Å². The fourth-order valence-corrected chi connectivity index (χ4v) is 1.99. The summed E-state index contributed by atoms with van der Waals surface area (Å²) in [5.41, 5.74) is 1.11. The molecule has 0 spiro atoms. The number of hydrazone groups is 1. The van der Waals surface area contributed by atoms with E-state index in [9.17, 15) is 0 Å². The molecule has 0 bridgehead atoms. The van der Waals surface area contributed by atoms with Crippen LogP contribution in [0.2, 0.25) is 5.02 Å². The Hall–Kier alpha value is -1.02. The van der Waals surface area contributed by atoms with E-state index in [0.717, 1.165) is 23.7 Å². The van der Waals surface area contributed by atoms with Crippen LogP contribution < -0.4 is 0 Å². The van der Waals surface area contributed by atoms with E-state index in [-0.39, 0.29) is 0 Å². The smallest absolute Gasteiger partial charge is 0.0542 e. The maximum Gasteiger partial charge on any atom is 0.0542 e. The van der Waals surface area contributed by atoms with Gasteiger partial charge < -0.3 is 0 Å². The van der Waals surface area contributed by atoms with Gasteiger partial charge in [-0.15, -0.1) is 0 Å². The third-order valence-electron chi connectivity index (χ3n) is 2.82. The zero-order valence-corrected chi connectivity index (χ0v) is 10.2. The van der Waals surface area contributed by atoms with Crippen molar-refractivity contribution in [3.05, 3.63) is 34.9 Å². The van der Waals surface area contributed by atoms with Crippen LogP contribution in [0, 0.1) is 0 Å². The third kappa shape index (κ3) is 3.53. The van der Waals surface area contributed by atoms with Gasteiger partial charge in [-0.3, -0.25) is 5.01 Å². The molecule has 86 valence electrons. The molecule has 0 amide bonds. The monoisotopic (exact) mass is 236 g/mol. The van der Waals surface area contributed by atoms with Crippen LogP contribution in [0.25, 0.3) is 0 Å². The molecule has 0 unspecified atom stereocenters. The highest BCUT2D eigenvalue weighted by Crippen LogP contribution is 2.11. The fourth-order valence-electron chi connectivity index (χ4n) is 1.87. The van der Waals surface area contributed by atoms with Gasteiger partial charge in [-0.25, -0.2) is 0 Å². The second-order valence-electron chi connectivity index (χ2n) is 4.16. The molecular formula is C13H17ClN2. The molecule has 1 saturated heterocycles. The summed E-state index contributed by atoms with van der Waals surface area (Å²) in [6.07, 6.45) is 7.12. The molecule has 0 radical (unpaired) electrons. The fraction of sp³-hybridized carbons (Fsp3) is 0.462. The summed E-state index contributed by atoms with van der Waals surface area (Å²) in [7, 11) is 0. The summed E-state index contributed by atoms with van der Waals surface area (Å²) < 4.78 is 0. The lowest BCUT2D eigenvalue weighted by Gasteiger charge is -2.15. The lowest BCUT2D eigenvalue weighted by atomic mass is 10.2. The molecule has 1 aromatic carbocycles. The van der Waals surface area contributed by atoms with Gasteiger partial charge in [-0.1, -0.05) is 36.6 Å². The molecule has 2 rings (SSSR count). The highest BCUT2D eigenvalue weighted by molar-refractivity contribution is 6.30. The number of nitrogens with zero attached hydrogens (tertiary/aromatic N) is 2. The topological polar surface area (TPSA) is 15.6 Å². The minimum Gasteiger partial charge on any atom is -0.297 e. The van der Waals surface area contributed by atoms with Crippen LogP contribution in [-0.4, -0.2) is 24.3 Å². The predicted octanol–water partition coefficient (Wildman–Crippen LogP) is 3.55. The Bertz CT molecular complexity index is 337. The zero-order valence-electron chi connectivity index (χ0n) is 9.40. The Labute approximate surface area is 102 Å². The van der Waals surface area contributed by atoms with Gasteiger partial charge in [0, 0.05) is 18.1 Å². The van der Waals surface area contributed by atoms with Crippen LogP contribution in [0.4, 0.5) is 0 Å². The molecule has 1 fully saturated rings. The van der Waals surface area contributed by atoms with Gasteiger partial charge in [-0.2, -0.15) is 5.10 Å². The van der Waals surface area contributed by atoms with Gasteiger partial charge in [0.05, 0.1) is 6.21 Å². The summed E-state index contributed by atoms with van der Waals surface area (Å²) in [6, 6.07) is 7.77. The predicted molar refractivity (Wildman–Crippen MR) is 69.1 cm³/mol. The molecule has 0 aromatic heterocycles. The Balaban J connectivity index is 1.94. The first-order valence-corrected chi connectivity index (χ1v) is 6.27. The van der Waals surface area contributed by atoms with E-state index in [1.54, 1.807) is 0 Å². The Morgan fingerprint density at radius 1 is 1.00 bits per heavy atom. The maximum absolute atomic E-state index is 5.83. The molecule has 1 heterocycles. The first-order valence-electron chi connectivity index (χ1n) is 5.89. The number of hydrogen-bond donors (Lipinski definition) is 0. The van der Waals surface area contributed by atoms with Crippen molar-refractivity contribution in [1.82, 2.24) is 5.01 Å². The maximum atomic E-state index is 5.83. The highest BCUT2D eigenvalue weighted by atomic mass is 35.5. The van der Waals surface area contributed by atoms with Crippen molar-refractivity contribution < 1.29 is 0 Å². The van der Waals surface area contributed by atoms with E-state index in [0.29, 0.717) is 0 Å². The number of rotatable bonds is 2. The lowest BCUT2D eigenvalue weighted by Crippen LogP contribution is -2.18. The van der Waals surface area contributed by atoms with Crippen LogP contribution in [0.1, 0.15) is 31.2 Å². The molecular weight excluding hydrogens is 220 g/mol. The Kier molecular flexibility index (Phi) is 4.23. The van der Waals surface area contributed by atoms with E-state index < -0.39 is 0 Å². The molecule has 0 aliphatic carbocycles. The molecule has 3 heteroatoms. The first kappa shape index (κ1) is 11.5. The largest absolute Gasteiger partial charge is 0.297 e. The van der Waals surface area contributed by atoms with E-state index in [4.69, 9.17) is 11.6 Å². The second kappa shape index (κ2) is 5.90. The first-order chi connectivity index (χ1) is 7.84. The summed E-state index contributed by atoms with van der Waals surface area (Å²) in [5.74, 6) is 0. The molecule has 0 atom stereocenters. The average molecular weight is 237 g/mol. The summed E-state index contributed by atoms with van der Waals surface area (Å²) in [6.45, 7) is 2.17. The number of halogens is 1.